The van der Waals surface area contributed by atoms with Gasteiger partial charge in [-0.25, -0.2) is 0 Å². The zero-order valence-electron chi connectivity index (χ0n) is 15.6. The third-order valence-corrected chi connectivity index (χ3v) is 4.61. The van der Waals surface area contributed by atoms with E-state index in [1.54, 1.807) is 7.11 Å². The normalized spacial score (nSPS) is 12.4. The summed E-state index contributed by atoms with van der Waals surface area (Å²) in [5.74, 6) is 2.16. The van der Waals surface area contributed by atoms with Crippen molar-refractivity contribution in [2.45, 2.75) is 25.6 Å². The Morgan fingerprint density at radius 1 is 1.07 bits per heavy atom. The van der Waals surface area contributed by atoms with Gasteiger partial charge in [-0.1, -0.05) is 41.9 Å². The van der Waals surface area contributed by atoms with E-state index >= 15 is 0 Å². The Morgan fingerprint density at radius 3 is 2.43 bits per heavy atom. The van der Waals surface area contributed by atoms with E-state index in [9.17, 15) is 5.11 Å². The number of halogens is 3. The molecule has 3 aromatic rings. The summed E-state index contributed by atoms with van der Waals surface area (Å²) in [4.78, 5) is 0. The molecule has 0 aliphatic heterocycles. The second-order valence-electron chi connectivity index (χ2n) is 6.14. The molecule has 0 saturated carbocycles. The van der Waals surface area contributed by atoms with Gasteiger partial charge in [-0.05, 0) is 42.8 Å². The Bertz CT molecular complexity index is 855. The second-order valence-corrected chi connectivity index (χ2v) is 6.55. The molecule has 0 fully saturated rings. The van der Waals surface area contributed by atoms with E-state index in [-0.39, 0.29) is 30.9 Å². The summed E-state index contributed by atoms with van der Waals surface area (Å²) in [6.07, 6.45) is -0.578. The van der Waals surface area contributed by atoms with Crippen LogP contribution in [0.5, 0.6) is 5.75 Å². The number of aliphatic hydroxyl groups excluding tert-OH is 1. The molecule has 0 aliphatic rings. The van der Waals surface area contributed by atoms with Crippen LogP contribution < -0.4 is 10.1 Å². The van der Waals surface area contributed by atoms with Gasteiger partial charge in [0.15, 0.2) is 0 Å². The first-order valence-corrected chi connectivity index (χ1v) is 8.85. The standard InChI is InChI=1S/C21H22ClNO3.2ClH/c1-14(21(24)15-6-4-3-5-7-15)23-13-17-9-11-19(26-17)16-8-10-20(25-2)18(22)12-16;;/h3-12,14,21,23-24H,13H2,1-2H3;2*1H. The number of hydrogen-bond donors (Lipinski definition) is 2. The minimum absolute atomic E-state index is 0. The lowest BCUT2D eigenvalue weighted by Crippen LogP contribution is -2.31. The highest BCUT2D eigenvalue weighted by Gasteiger charge is 2.16. The van der Waals surface area contributed by atoms with Gasteiger partial charge in [0.1, 0.15) is 17.3 Å². The number of aliphatic hydroxyl groups is 1. The SMILES string of the molecule is COc1ccc(-c2ccc(CNC(C)C(O)c3ccccc3)o2)cc1Cl.Cl.Cl. The van der Waals surface area contributed by atoms with Crippen molar-refractivity contribution in [2.75, 3.05) is 7.11 Å². The number of ether oxygens (including phenoxy) is 1. The van der Waals surface area contributed by atoms with Crippen molar-refractivity contribution in [2.24, 2.45) is 0 Å². The van der Waals surface area contributed by atoms with E-state index in [2.05, 4.69) is 5.32 Å². The third-order valence-electron chi connectivity index (χ3n) is 4.31. The van der Waals surface area contributed by atoms with Crippen LogP contribution in [0.25, 0.3) is 11.3 Å². The maximum Gasteiger partial charge on any atom is 0.137 e. The van der Waals surface area contributed by atoms with E-state index < -0.39 is 6.10 Å². The summed E-state index contributed by atoms with van der Waals surface area (Å²) in [5.41, 5.74) is 1.78. The van der Waals surface area contributed by atoms with Crippen molar-refractivity contribution >= 4 is 36.4 Å². The zero-order valence-corrected chi connectivity index (χ0v) is 18.0. The summed E-state index contributed by atoms with van der Waals surface area (Å²) in [7, 11) is 1.59. The lowest BCUT2D eigenvalue weighted by molar-refractivity contribution is 0.134. The number of furan rings is 1. The molecule has 0 amide bonds. The van der Waals surface area contributed by atoms with E-state index in [1.165, 1.54) is 0 Å². The average Bonchev–Trinajstić information content (AvgIpc) is 3.15. The van der Waals surface area contributed by atoms with Gasteiger partial charge in [-0.3, -0.25) is 0 Å². The largest absolute Gasteiger partial charge is 0.495 e. The molecular formula is C21H24Cl3NO3. The first-order chi connectivity index (χ1) is 12.6. The Labute approximate surface area is 182 Å². The van der Waals surface area contributed by atoms with Gasteiger partial charge >= 0.3 is 0 Å². The summed E-state index contributed by atoms with van der Waals surface area (Å²) < 4.78 is 11.1. The predicted octanol–water partition coefficient (Wildman–Crippen LogP) is 5.66. The van der Waals surface area contributed by atoms with Crippen LogP contribution in [-0.2, 0) is 6.54 Å². The predicted molar refractivity (Wildman–Crippen MR) is 118 cm³/mol. The summed E-state index contributed by atoms with van der Waals surface area (Å²) in [5, 5.41) is 14.3. The number of hydrogen-bond acceptors (Lipinski definition) is 4. The van der Waals surface area contributed by atoms with Gasteiger partial charge in [0.05, 0.1) is 24.8 Å². The van der Waals surface area contributed by atoms with Crippen LogP contribution in [0.4, 0.5) is 0 Å². The lowest BCUT2D eigenvalue weighted by Gasteiger charge is -2.20. The topological polar surface area (TPSA) is 54.6 Å². The van der Waals surface area contributed by atoms with Crippen molar-refractivity contribution in [3.63, 3.8) is 0 Å². The van der Waals surface area contributed by atoms with Gasteiger partial charge in [0.2, 0.25) is 0 Å². The molecule has 0 saturated heterocycles. The van der Waals surface area contributed by atoms with Crippen LogP contribution in [0, 0.1) is 0 Å². The van der Waals surface area contributed by atoms with Crippen molar-refractivity contribution in [1.82, 2.24) is 5.32 Å². The maximum absolute atomic E-state index is 10.4. The Hall–Kier alpha value is -1.69. The number of methoxy groups -OCH3 is 1. The van der Waals surface area contributed by atoms with Crippen molar-refractivity contribution in [3.05, 3.63) is 77.0 Å². The Morgan fingerprint density at radius 2 is 1.79 bits per heavy atom. The molecule has 2 unspecified atom stereocenters. The molecule has 28 heavy (non-hydrogen) atoms. The molecule has 152 valence electrons. The van der Waals surface area contributed by atoms with Crippen LogP contribution in [0.1, 0.15) is 24.4 Å². The van der Waals surface area contributed by atoms with Gasteiger partial charge in [-0.2, -0.15) is 0 Å². The smallest absolute Gasteiger partial charge is 0.137 e. The van der Waals surface area contributed by atoms with Crippen molar-refractivity contribution in [3.8, 4) is 17.1 Å². The monoisotopic (exact) mass is 443 g/mol. The van der Waals surface area contributed by atoms with Gasteiger partial charge in [0, 0.05) is 11.6 Å². The molecule has 3 rings (SSSR count). The van der Waals surface area contributed by atoms with E-state index in [4.69, 9.17) is 20.8 Å². The molecule has 0 aliphatic carbocycles. The molecule has 2 aromatic carbocycles. The quantitative estimate of drug-likeness (QED) is 0.493. The fraction of sp³-hybridized carbons (Fsp3) is 0.238. The summed E-state index contributed by atoms with van der Waals surface area (Å²) in [6.45, 7) is 2.47. The third kappa shape index (κ3) is 5.90. The first kappa shape index (κ1) is 24.3. The van der Waals surface area contributed by atoms with Crippen LogP contribution in [0.3, 0.4) is 0 Å². The highest BCUT2D eigenvalue weighted by atomic mass is 35.5. The molecule has 0 radical (unpaired) electrons. The zero-order chi connectivity index (χ0) is 18.5. The molecule has 0 bridgehead atoms. The highest BCUT2D eigenvalue weighted by Crippen LogP contribution is 2.31. The van der Waals surface area contributed by atoms with Gasteiger partial charge < -0.3 is 19.6 Å². The van der Waals surface area contributed by atoms with Crippen molar-refractivity contribution < 1.29 is 14.3 Å². The van der Waals surface area contributed by atoms with E-state index in [0.717, 1.165) is 22.6 Å². The van der Waals surface area contributed by atoms with Gasteiger partial charge in [-0.15, -0.1) is 24.8 Å². The van der Waals surface area contributed by atoms with E-state index in [0.29, 0.717) is 17.3 Å². The Kier molecular flexibility index (Phi) is 9.87. The average molecular weight is 445 g/mol. The summed E-state index contributed by atoms with van der Waals surface area (Å²) in [6, 6.07) is 18.9. The highest BCUT2D eigenvalue weighted by molar-refractivity contribution is 6.32. The molecular weight excluding hydrogens is 421 g/mol. The molecule has 7 heteroatoms. The fourth-order valence-corrected chi connectivity index (χ4v) is 3.02. The Balaban J connectivity index is 0.00000196. The first-order valence-electron chi connectivity index (χ1n) is 8.47. The fourth-order valence-electron chi connectivity index (χ4n) is 2.76. The molecule has 1 aromatic heterocycles. The number of nitrogens with one attached hydrogen (secondary N) is 1. The molecule has 2 atom stereocenters. The van der Waals surface area contributed by atoms with Crippen LogP contribution >= 0.6 is 36.4 Å². The van der Waals surface area contributed by atoms with Crippen LogP contribution in [0.2, 0.25) is 5.02 Å². The van der Waals surface area contributed by atoms with Crippen molar-refractivity contribution in [1.29, 1.82) is 0 Å². The van der Waals surface area contributed by atoms with Crippen LogP contribution in [0.15, 0.2) is 65.1 Å². The minimum atomic E-state index is -0.578. The molecule has 0 spiro atoms. The molecule has 4 nitrogen and oxygen atoms in total. The van der Waals surface area contributed by atoms with Gasteiger partial charge in [0.25, 0.3) is 0 Å². The molecule has 1 heterocycles. The van der Waals surface area contributed by atoms with Crippen LogP contribution in [-0.4, -0.2) is 18.3 Å². The number of benzene rings is 2. The molecule has 2 N–H and O–H groups in total. The lowest BCUT2D eigenvalue weighted by atomic mass is 10.0. The second kappa shape index (κ2) is 11.3. The maximum atomic E-state index is 10.4. The van der Waals surface area contributed by atoms with E-state index in [1.807, 2.05) is 67.6 Å². The summed E-state index contributed by atoms with van der Waals surface area (Å²) >= 11 is 6.18. The minimum Gasteiger partial charge on any atom is -0.495 e. The number of rotatable bonds is 7.